The highest BCUT2D eigenvalue weighted by Crippen LogP contribution is 2.25. The molecule has 1 fully saturated rings. The first kappa shape index (κ1) is 17.1. The monoisotopic (exact) mass is 337 g/mol. The molecule has 0 bridgehead atoms. The molecule has 0 atom stereocenters. The van der Waals surface area contributed by atoms with Gasteiger partial charge in [0.15, 0.2) is 5.78 Å². The quantitative estimate of drug-likeness (QED) is 0.593. The van der Waals surface area contributed by atoms with Gasteiger partial charge in [-0.1, -0.05) is 6.42 Å². The molecule has 0 radical (unpaired) electrons. The Hall–Kier alpha value is -2.75. The number of carbonyl (C=O) groups excluding carboxylic acids is 1. The van der Waals surface area contributed by atoms with Crippen molar-refractivity contribution in [1.82, 2.24) is 0 Å². The van der Waals surface area contributed by atoms with Gasteiger partial charge < -0.3 is 14.8 Å². The van der Waals surface area contributed by atoms with Crippen LogP contribution in [0.25, 0.3) is 0 Å². The molecule has 0 aliphatic heterocycles. The van der Waals surface area contributed by atoms with Crippen molar-refractivity contribution < 1.29 is 14.3 Å². The average molecular weight is 337 g/mol. The fourth-order valence-corrected chi connectivity index (χ4v) is 2.80. The SMILES string of the molecule is COc1ccc(Oc2ccc(NC=C3CCCCCC3=O)cc2)cc1. The van der Waals surface area contributed by atoms with Gasteiger partial charge in [0.25, 0.3) is 0 Å². The summed E-state index contributed by atoms with van der Waals surface area (Å²) in [5.74, 6) is 2.58. The number of methoxy groups -OCH3 is 1. The van der Waals surface area contributed by atoms with Crippen molar-refractivity contribution in [3.8, 4) is 17.2 Å². The summed E-state index contributed by atoms with van der Waals surface area (Å²) >= 11 is 0. The van der Waals surface area contributed by atoms with Crippen LogP contribution in [0.1, 0.15) is 32.1 Å². The largest absolute Gasteiger partial charge is 0.497 e. The molecule has 0 aromatic heterocycles. The number of benzene rings is 2. The molecule has 130 valence electrons. The van der Waals surface area contributed by atoms with Crippen LogP contribution in [0.15, 0.2) is 60.3 Å². The van der Waals surface area contributed by atoms with Crippen LogP contribution in [0.2, 0.25) is 0 Å². The van der Waals surface area contributed by atoms with Gasteiger partial charge in [0.1, 0.15) is 17.2 Å². The van der Waals surface area contributed by atoms with Gasteiger partial charge in [-0.25, -0.2) is 0 Å². The maximum absolute atomic E-state index is 12.0. The summed E-state index contributed by atoms with van der Waals surface area (Å²) in [5, 5.41) is 3.22. The lowest BCUT2D eigenvalue weighted by Gasteiger charge is -2.08. The van der Waals surface area contributed by atoms with Crippen molar-refractivity contribution >= 4 is 11.5 Å². The number of anilines is 1. The van der Waals surface area contributed by atoms with E-state index in [1.807, 2.05) is 54.7 Å². The van der Waals surface area contributed by atoms with Crippen molar-refractivity contribution in [3.05, 3.63) is 60.3 Å². The van der Waals surface area contributed by atoms with Crippen LogP contribution in [-0.2, 0) is 4.79 Å². The summed E-state index contributed by atoms with van der Waals surface area (Å²) in [4.78, 5) is 12.0. The maximum Gasteiger partial charge on any atom is 0.160 e. The summed E-state index contributed by atoms with van der Waals surface area (Å²) in [5.41, 5.74) is 1.84. The van der Waals surface area contributed by atoms with E-state index < -0.39 is 0 Å². The minimum Gasteiger partial charge on any atom is -0.497 e. The van der Waals surface area contributed by atoms with Gasteiger partial charge in [-0.3, -0.25) is 4.79 Å². The fourth-order valence-electron chi connectivity index (χ4n) is 2.80. The van der Waals surface area contributed by atoms with Crippen LogP contribution in [0, 0.1) is 0 Å². The van der Waals surface area contributed by atoms with Crippen LogP contribution in [-0.4, -0.2) is 12.9 Å². The molecule has 25 heavy (non-hydrogen) atoms. The molecule has 2 aromatic rings. The van der Waals surface area contributed by atoms with Crippen molar-refractivity contribution in [2.24, 2.45) is 0 Å². The lowest BCUT2D eigenvalue weighted by molar-refractivity contribution is -0.115. The van der Waals surface area contributed by atoms with Crippen LogP contribution in [0.4, 0.5) is 5.69 Å². The maximum atomic E-state index is 12.0. The van der Waals surface area contributed by atoms with Gasteiger partial charge in [0.05, 0.1) is 7.11 Å². The lowest BCUT2D eigenvalue weighted by atomic mass is 10.1. The Bertz CT molecular complexity index is 733. The summed E-state index contributed by atoms with van der Waals surface area (Å²) < 4.78 is 10.9. The Kier molecular flexibility index (Phi) is 5.73. The number of rotatable bonds is 5. The van der Waals surface area contributed by atoms with Crippen LogP contribution < -0.4 is 14.8 Å². The van der Waals surface area contributed by atoms with E-state index in [4.69, 9.17) is 9.47 Å². The molecule has 2 aromatic carbocycles. The molecule has 0 spiro atoms. The predicted molar refractivity (Wildman–Crippen MR) is 99.3 cm³/mol. The smallest absolute Gasteiger partial charge is 0.160 e. The third kappa shape index (κ3) is 4.86. The van der Waals surface area contributed by atoms with Gasteiger partial charge >= 0.3 is 0 Å². The third-order valence-corrected chi connectivity index (χ3v) is 4.27. The van der Waals surface area contributed by atoms with Gasteiger partial charge in [0, 0.05) is 23.9 Å². The van der Waals surface area contributed by atoms with E-state index in [-0.39, 0.29) is 5.78 Å². The fraction of sp³-hybridized carbons (Fsp3) is 0.286. The Labute approximate surface area is 148 Å². The average Bonchev–Trinajstić information content (AvgIpc) is 2.86. The van der Waals surface area contributed by atoms with Crippen molar-refractivity contribution in [2.45, 2.75) is 32.1 Å². The molecule has 0 heterocycles. The van der Waals surface area contributed by atoms with E-state index in [9.17, 15) is 4.79 Å². The number of nitrogens with one attached hydrogen (secondary N) is 1. The van der Waals surface area contributed by atoms with E-state index in [1.165, 1.54) is 0 Å². The first-order chi connectivity index (χ1) is 12.2. The summed E-state index contributed by atoms with van der Waals surface area (Å²) in [6.07, 6.45) is 6.63. The second-order valence-electron chi connectivity index (χ2n) is 6.10. The van der Waals surface area contributed by atoms with Crippen molar-refractivity contribution in [2.75, 3.05) is 12.4 Å². The Morgan fingerprint density at radius 3 is 2.12 bits per heavy atom. The molecule has 0 amide bonds. The first-order valence-electron chi connectivity index (χ1n) is 8.65. The van der Waals surface area contributed by atoms with Crippen LogP contribution in [0.5, 0.6) is 17.2 Å². The standard InChI is InChI=1S/C21H23NO3/c1-24-18-11-13-20(14-12-18)25-19-9-7-17(8-10-19)22-15-16-5-3-2-4-6-21(16)23/h7-15,22H,2-6H2,1H3. The molecule has 3 rings (SSSR count). The van der Waals surface area contributed by atoms with Crippen LogP contribution in [0.3, 0.4) is 0 Å². The number of hydrogen-bond donors (Lipinski definition) is 1. The topological polar surface area (TPSA) is 47.6 Å². The molecule has 4 heteroatoms. The minimum atomic E-state index is 0.268. The predicted octanol–water partition coefficient (Wildman–Crippen LogP) is 5.32. The molecule has 0 unspecified atom stereocenters. The summed E-state index contributed by atoms with van der Waals surface area (Å²) in [6.45, 7) is 0. The highest BCUT2D eigenvalue weighted by atomic mass is 16.5. The zero-order valence-corrected chi connectivity index (χ0v) is 14.5. The van der Waals surface area contributed by atoms with E-state index >= 15 is 0 Å². The summed E-state index contributed by atoms with van der Waals surface area (Å²) in [7, 11) is 1.64. The zero-order valence-electron chi connectivity index (χ0n) is 14.5. The van der Waals surface area contributed by atoms with Crippen molar-refractivity contribution in [3.63, 3.8) is 0 Å². The Balaban J connectivity index is 1.60. The normalized spacial score (nSPS) is 16.4. The van der Waals surface area contributed by atoms with Crippen LogP contribution >= 0.6 is 0 Å². The van der Waals surface area contributed by atoms with E-state index in [1.54, 1.807) is 7.11 Å². The summed E-state index contributed by atoms with van der Waals surface area (Å²) in [6, 6.07) is 15.1. The molecule has 1 saturated carbocycles. The molecule has 1 aliphatic rings. The Morgan fingerprint density at radius 2 is 1.44 bits per heavy atom. The van der Waals surface area contributed by atoms with Crippen molar-refractivity contribution in [1.29, 1.82) is 0 Å². The third-order valence-electron chi connectivity index (χ3n) is 4.27. The van der Waals surface area contributed by atoms with E-state index in [0.717, 1.165) is 54.2 Å². The second-order valence-corrected chi connectivity index (χ2v) is 6.10. The lowest BCUT2D eigenvalue weighted by Crippen LogP contribution is -2.02. The first-order valence-corrected chi connectivity index (χ1v) is 8.65. The second kappa shape index (κ2) is 8.38. The molecule has 4 nitrogen and oxygen atoms in total. The molecular formula is C21H23NO3. The number of hydrogen-bond acceptors (Lipinski definition) is 4. The molecule has 0 saturated heterocycles. The number of Topliss-reactive ketones (excluding diaryl/α,β-unsaturated/α-hetero) is 1. The minimum absolute atomic E-state index is 0.268. The molecule has 1 aliphatic carbocycles. The number of carbonyl (C=O) groups is 1. The highest BCUT2D eigenvalue weighted by Gasteiger charge is 2.12. The van der Waals surface area contributed by atoms with Gasteiger partial charge in [-0.05, 0) is 67.8 Å². The van der Waals surface area contributed by atoms with E-state index in [0.29, 0.717) is 6.42 Å². The van der Waals surface area contributed by atoms with Gasteiger partial charge in [-0.2, -0.15) is 0 Å². The van der Waals surface area contributed by atoms with Gasteiger partial charge in [0.2, 0.25) is 0 Å². The number of ether oxygens (including phenoxy) is 2. The van der Waals surface area contributed by atoms with Gasteiger partial charge in [-0.15, -0.1) is 0 Å². The number of allylic oxidation sites excluding steroid dienone is 1. The molecular weight excluding hydrogens is 314 g/mol. The number of ketones is 1. The Morgan fingerprint density at radius 1 is 0.840 bits per heavy atom. The highest BCUT2D eigenvalue weighted by molar-refractivity contribution is 5.95. The zero-order chi connectivity index (χ0) is 17.5. The van der Waals surface area contributed by atoms with E-state index in [2.05, 4.69) is 5.32 Å². The molecule has 1 N–H and O–H groups in total.